The molecular formula is C9H14N3O6PS. The van der Waals surface area contributed by atoms with Gasteiger partial charge in [-0.1, -0.05) is 0 Å². The number of aliphatic hydroxyl groups excluding tert-OH is 1. The molecular weight excluding hydrogens is 309 g/mol. The maximum atomic E-state index is 11.7. The van der Waals surface area contributed by atoms with Crippen molar-refractivity contribution >= 4 is 25.4 Å². The monoisotopic (exact) mass is 323 g/mol. The summed E-state index contributed by atoms with van der Waals surface area (Å²) in [5, 5.41) is 8.94. The first-order valence-corrected chi connectivity index (χ1v) is 8.12. The van der Waals surface area contributed by atoms with Gasteiger partial charge in [0, 0.05) is 12.6 Å². The molecule has 20 heavy (non-hydrogen) atoms. The Bertz CT molecular complexity index is 589. The van der Waals surface area contributed by atoms with Crippen molar-refractivity contribution in [2.45, 2.75) is 23.1 Å². The van der Waals surface area contributed by atoms with Crippen LogP contribution in [0, 0.1) is 0 Å². The van der Waals surface area contributed by atoms with E-state index in [1.807, 2.05) is 0 Å². The van der Waals surface area contributed by atoms with Crippen molar-refractivity contribution < 1.29 is 24.0 Å². The molecule has 1 fully saturated rings. The highest BCUT2D eigenvalue weighted by atomic mass is 32.2. The number of thioether (sulfide) groups is 1. The van der Waals surface area contributed by atoms with Crippen molar-refractivity contribution in [1.29, 1.82) is 0 Å². The van der Waals surface area contributed by atoms with E-state index in [0.29, 0.717) is 0 Å². The van der Waals surface area contributed by atoms with Crippen molar-refractivity contribution in [3.05, 3.63) is 22.7 Å². The van der Waals surface area contributed by atoms with E-state index < -0.39 is 24.9 Å². The lowest BCUT2D eigenvalue weighted by molar-refractivity contribution is 0.128. The number of hydrogen-bond donors (Lipinski definition) is 4. The molecule has 1 aromatic heterocycles. The van der Waals surface area contributed by atoms with E-state index in [2.05, 4.69) is 9.51 Å². The first-order chi connectivity index (χ1) is 9.26. The SMILES string of the molecule is Nc1ccn([C@H]2C[C@@H](O)[C@@H](COP(=O)(O)O)S2)c(=O)n1. The van der Waals surface area contributed by atoms with Gasteiger partial charge in [0.15, 0.2) is 0 Å². The van der Waals surface area contributed by atoms with E-state index in [4.69, 9.17) is 15.5 Å². The molecule has 0 bridgehead atoms. The molecule has 9 nitrogen and oxygen atoms in total. The summed E-state index contributed by atoms with van der Waals surface area (Å²) in [6.07, 6.45) is 0.896. The summed E-state index contributed by atoms with van der Waals surface area (Å²) >= 11 is 1.20. The van der Waals surface area contributed by atoms with Crippen LogP contribution in [0.4, 0.5) is 5.82 Å². The highest BCUT2D eigenvalue weighted by Crippen LogP contribution is 2.44. The molecule has 0 saturated carbocycles. The van der Waals surface area contributed by atoms with Crippen LogP contribution < -0.4 is 11.4 Å². The van der Waals surface area contributed by atoms with Crippen LogP contribution in [0.2, 0.25) is 0 Å². The number of anilines is 1. The maximum absolute atomic E-state index is 11.7. The zero-order valence-electron chi connectivity index (χ0n) is 10.2. The second kappa shape index (κ2) is 5.84. The van der Waals surface area contributed by atoms with Crippen molar-refractivity contribution in [3.63, 3.8) is 0 Å². The number of phosphoric ester groups is 1. The van der Waals surface area contributed by atoms with Gasteiger partial charge in [0.05, 0.1) is 23.3 Å². The molecule has 1 aliphatic rings. The van der Waals surface area contributed by atoms with Crippen molar-refractivity contribution in [3.8, 4) is 0 Å². The Balaban J connectivity index is 2.06. The molecule has 1 aromatic rings. The topological polar surface area (TPSA) is 148 Å². The van der Waals surface area contributed by atoms with E-state index in [9.17, 15) is 14.5 Å². The molecule has 0 spiro atoms. The maximum Gasteiger partial charge on any atom is 0.469 e. The number of hydrogen-bond acceptors (Lipinski definition) is 7. The van der Waals surface area contributed by atoms with Crippen molar-refractivity contribution in [1.82, 2.24) is 9.55 Å². The molecule has 3 atom stereocenters. The Morgan fingerprint density at radius 3 is 2.90 bits per heavy atom. The van der Waals surface area contributed by atoms with Crippen molar-refractivity contribution in [2.24, 2.45) is 0 Å². The predicted molar refractivity (Wildman–Crippen MR) is 71.9 cm³/mol. The fraction of sp³-hybridized carbons (Fsp3) is 0.556. The normalized spacial score (nSPS) is 26.9. The molecule has 11 heteroatoms. The van der Waals surface area contributed by atoms with Gasteiger partial charge in [0.25, 0.3) is 0 Å². The minimum Gasteiger partial charge on any atom is -0.392 e. The molecule has 0 aromatic carbocycles. The van der Waals surface area contributed by atoms with Crippen LogP contribution in [0.25, 0.3) is 0 Å². The number of nitrogens with two attached hydrogens (primary N) is 1. The highest BCUT2D eigenvalue weighted by molar-refractivity contribution is 8.00. The second-order valence-corrected chi connectivity index (χ2v) is 6.92. The van der Waals surface area contributed by atoms with Gasteiger partial charge in [-0.15, -0.1) is 11.8 Å². The molecule has 2 heterocycles. The van der Waals surface area contributed by atoms with Crippen LogP contribution in [0.3, 0.4) is 0 Å². The number of rotatable bonds is 4. The van der Waals surface area contributed by atoms with Gasteiger partial charge in [-0.2, -0.15) is 4.98 Å². The number of aromatic nitrogens is 2. The molecule has 0 unspecified atom stereocenters. The van der Waals surface area contributed by atoms with E-state index in [1.54, 1.807) is 0 Å². The van der Waals surface area contributed by atoms with Crippen LogP contribution in [0.1, 0.15) is 11.8 Å². The van der Waals surface area contributed by atoms with E-state index in [-0.39, 0.29) is 24.2 Å². The van der Waals surface area contributed by atoms with Gasteiger partial charge in [-0.25, -0.2) is 9.36 Å². The fourth-order valence-electron chi connectivity index (χ4n) is 1.85. The number of aliphatic hydroxyl groups is 1. The number of nitrogen functional groups attached to an aromatic ring is 1. The largest absolute Gasteiger partial charge is 0.469 e. The minimum absolute atomic E-state index is 0.108. The Labute approximate surface area is 118 Å². The summed E-state index contributed by atoms with van der Waals surface area (Å²) in [5.74, 6) is 0.108. The zero-order valence-corrected chi connectivity index (χ0v) is 11.9. The fourth-order valence-corrected chi connectivity index (χ4v) is 3.75. The smallest absolute Gasteiger partial charge is 0.392 e. The van der Waals surface area contributed by atoms with Crippen LogP contribution in [-0.4, -0.2) is 42.4 Å². The number of phosphoric acid groups is 1. The molecule has 1 saturated heterocycles. The average Bonchev–Trinajstić information content (AvgIpc) is 2.67. The molecule has 0 amide bonds. The van der Waals surface area contributed by atoms with Gasteiger partial charge >= 0.3 is 13.5 Å². The third-order valence-corrected chi connectivity index (χ3v) is 4.79. The summed E-state index contributed by atoms with van der Waals surface area (Å²) in [7, 11) is -4.57. The van der Waals surface area contributed by atoms with E-state index >= 15 is 0 Å². The van der Waals surface area contributed by atoms with Crippen LogP contribution in [0.5, 0.6) is 0 Å². The summed E-state index contributed by atoms with van der Waals surface area (Å²) < 4.78 is 16.3. The zero-order chi connectivity index (χ0) is 14.9. The highest BCUT2D eigenvalue weighted by Gasteiger charge is 2.36. The van der Waals surface area contributed by atoms with Gasteiger partial charge in [0.2, 0.25) is 0 Å². The van der Waals surface area contributed by atoms with E-state index in [0.717, 1.165) is 0 Å². The Hall–Kier alpha value is -0.900. The molecule has 112 valence electrons. The molecule has 2 rings (SSSR count). The second-order valence-electron chi connectivity index (χ2n) is 4.26. The average molecular weight is 323 g/mol. The third kappa shape index (κ3) is 3.81. The summed E-state index contributed by atoms with van der Waals surface area (Å²) in [6.45, 7) is -0.302. The van der Waals surface area contributed by atoms with Gasteiger partial charge in [-0.3, -0.25) is 9.09 Å². The number of nitrogens with zero attached hydrogens (tertiary/aromatic N) is 2. The molecule has 1 aliphatic heterocycles. The lowest BCUT2D eigenvalue weighted by atomic mass is 10.2. The van der Waals surface area contributed by atoms with Gasteiger partial charge in [0.1, 0.15) is 5.82 Å². The van der Waals surface area contributed by atoms with E-state index in [1.165, 1.54) is 28.6 Å². The first kappa shape index (κ1) is 15.5. The summed E-state index contributed by atoms with van der Waals surface area (Å²) in [4.78, 5) is 32.5. The quantitative estimate of drug-likeness (QED) is 0.528. The van der Waals surface area contributed by atoms with Gasteiger partial charge in [-0.05, 0) is 6.07 Å². The first-order valence-electron chi connectivity index (χ1n) is 5.64. The van der Waals surface area contributed by atoms with Crippen LogP contribution in [0.15, 0.2) is 17.1 Å². The Morgan fingerprint density at radius 1 is 1.60 bits per heavy atom. The predicted octanol–water partition coefficient (Wildman–Crippen LogP) is -0.700. The lowest BCUT2D eigenvalue weighted by Gasteiger charge is -2.14. The third-order valence-electron chi connectivity index (χ3n) is 2.77. The van der Waals surface area contributed by atoms with Gasteiger partial charge < -0.3 is 20.6 Å². The molecule has 0 aliphatic carbocycles. The lowest BCUT2D eigenvalue weighted by Crippen LogP contribution is -2.25. The van der Waals surface area contributed by atoms with Crippen LogP contribution >= 0.6 is 19.6 Å². The Morgan fingerprint density at radius 2 is 2.30 bits per heavy atom. The Kier molecular flexibility index (Phi) is 4.52. The standard InChI is InChI=1S/C9H14N3O6PS/c10-7-1-2-12(9(14)11-7)8-3-5(13)6(20-8)4-18-19(15,16)17/h1-2,5-6,8,13H,3-4H2,(H2,10,11,14)(H2,15,16,17)/t5-,6-,8-/m1/s1. The molecule has 5 N–H and O–H groups in total. The summed E-state index contributed by atoms with van der Waals surface area (Å²) in [6, 6.07) is 1.47. The minimum atomic E-state index is -4.57. The van der Waals surface area contributed by atoms with Crippen molar-refractivity contribution in [2.75, 3.05) is 12.3 Å². The summed E-state index contributed by atoms with van der Waals surface area (Å²) in [5.41, 5.74) is 4.85. The van der Waals surface area contributed by atoms with Crippen LogP contribution in [-0.2, 0) is 9.09 Å². The molecule has 0 radical (unpaired) electrons.